The third-order valence-corrected chi connectivity index (χ3v) is 12.8. The van der Waals surface area contributed by atoms with E-state index < -0.39 is 78.8 Å². The van der Waals surface area contributed by atoms with Gasteiger partial charge in [-0.1, -0.05) is 59.9 Å². The van der Waals surface area contributed by atoms with Crippen LogP contribution in [0.25, 0.3) is 0 Å². The molecule has 0 radical (unpaired) electrons. The fourth-order valence-electron chi connectivity index (χ4n) is 6.78. The monoisotopic (exact) mass is 1180 g/mol. The summed E-state index contributed by atoms with van der Waals surface area (Å²) < 4.78 is 94.1. The van der Waals surface area contributed by atoms with Gasteiger partial charge in [-0.05, 0) is 88.1 Å². The molecule has 0 saturated carbocycles. The number of hydrogen-bond donors (Lipinski definition) is 4. The van der Waals surface area contributed by atoms with E-state index in [2.05, 4.69) is 13.0 Å². The van der Waals surface area contributed by atoms with E-state index >= 15 is 0 Å². The van der Waals surface area contributed by atoms with Gasteiger partial charge in [0.1, 0.15) is 46.6 Å². The summed E-state index contributed by atoms with van der Waals surface area (Å²) in [5, 5.41) is 18.9. The first-order chi connectivity index (χ1) is 34.6. The van der Waals surface area contributed by atoms with Crippen molar-refractivity contribution in [3.8, 4) is 11.5 Å². The molecule has 1 aliphatic heterocycles. The molecule has 0 spiro atoms. The molecular formula is C46H57Cl4F3N5O15PS. The van der Waals surface area contributed by atoms with Crippen molar-refractivity contribution in [1.82, 2.24) is 9.62 Å². The molecule has 5 N–H and O–H groups in total. The highest BCUT2D eigenvalue weighted by Crippen LogP contribution is 2.39. The molecular weight excluding hydrogens is 1120 g/mol. The fourth-order valence-corrected chi connectivity index (χ4v) is 8.57. The summed E-state index contributed by atoms with van der Waals surface area (Å²) in [6.45, 7) is 11.7. The summed E-state index contributed by atoms with van der Waals surface area (Å²) in [6, 6.07) is 13.7. The Labute approximate surface area is 451 Å². The second kappa shape index (κ2) is 28.9. The molecule has 20 nitrogen and oxygen atoms in total. The van der Waals surface area contributed by atoms with Crippen LogP contribution in [0.4, 0.5) is 24.5 Å². The van der Waals surface area contributed by atoms with Crippen molar-refractivity contribution in [1.29, 1.82) is 0 Å². The zero-order valence-corrected chi connectivity index (χ0v) is 46.3. The highest BCUT2D eigenvalue weighted by atomic mass is 35.5. The topological polar surface area (TPSA) is 288 Å². The maximum Gasteiger partial charge on any atom is 0.416 e. The number of aryl methyl sites for hydroxylation is 2. The predicted octanol–water partition coefficient (Wildman–Crippen LogP) is 9.32. The number of carboxylic acids is 1. The fraction of sp³-hybridized carbons (Fsp3) is 0.435. The van der Waals surface area contributed by atoms with Crippen LogP contribution in [0.5, 0.6) is 11.5 Å². The third kappa shape index (κ3) is 21.1. The number of halogens is 7. The summed E-state index contributed by atoms with van der Waals surface area (Å²) >= 11 is 22.7. The smallest absolute Gasteiger partial charge is 0.416 e. The highest BCUT2D eigenvalue weighted by Gasteiger charge is 2.45. The van der Waals surface area contributed by atoms with Crippen molar-refractivity contribution < 1.29 is 78.9 Å². The Morgan fingerprint density at radius 2 is 1.75 bits per heavy atom. The van der Waals surface area contributed by atoms with Crippen molar-refractivity contribution in [2.75, 3.05) is 50.1 Å². The Hall–Kier alpha value is -5.01. The van der Waals surface area contributed by atoms with Crippen LogP contribution in [-0.2, 0) is 51.0 Å². The number of nitro groups is 1. The van der Waals surface area contributed by atoms with Crippen LogP contribution >= 0.6 is 53.8 Å². The Bertz CT molecular complexity index is 2770. The van der Waals surface area contributed by atoms with E-state index in [1.54, 1.807) is 42.9 Å². The Morgan fingerprint density at radius 1 is 1.11 bits per heavy atom. The van der Waals surface area contributed by atoms with Gasteiger partial charge in [0, 0.05) is 32.1 Å². The number of carbonyl (C=O) groups is 4. The number of anilines is 1. The number of carboxylic acid groups (broad SMARTS) is 1. The van der Waals surface area contributed by atoms with E-state index in [9.17, 15) is 55.4 Å². The summed E-state index contributed by atoms with van der Waals surface area (Å²) in [4.78, 5) is 67.3. The molecule has 0 aliphatic carbocycles. The number of sulfonamides is 1. The quantitative estimate of drug-likeness (QED) is 0.0331. The van der Waals surface area contributed by atoms with Crippen LogP contribution < -0.4 is 20.1 Å². The first kappa shape index (κ1) is 66.1. The number of para-hydroxylation sites is 1. The van der Waals surface area contributed by atoms with E-state index in [-0.39, 0.29) is 53.9 Å². The number of nitro benzene ring substituents is 1. The summed E-state index contributed by atoms with van der Waals surface area (Å²) in [6.07, 6.45) is -1.77. The van der Waals surface area contributed by atoms with Crippen molar-refractivity contribution >= 4 is 98.9 Å². The number of nitrogens with zero attached hydrogens (tertiary/aromatic N) is 3. The molecule has 5 rings (SSSR count). The van der Waals surface area contributed by atoms with Gasteiger partial charge in [0.25, 0.3) is 17.5 Å². The molecule has 1 aromatic heterocycles. The Kier molecular flexibility index (Phi) is 25.5. The molecule has 4 unspecified atom stereocenters. The number of nitrogens with two attached hydrogens (primary N) is 1. The molecule has 29 heteroatoms. The molecule has 1 saturated heterocycles. The number of amides is 3. The maximum absolute atomic E-state index is 12.7. The number of hydrogen-bond acceptors (Lipinski definition) is 14. The van der Waals surface area contributed by atoms with E-state index in [0.717, 1.165) is 47.5 Å². The number of aliphatic carboxylic acids is 1. The van der Waals surface area contributed by atoms with Gasteiger partial charge in [0.2, 0.25) is 15.9 Å². The molecule has 3 aromatic carbocycles. The van der Waals surface area contributed by atoms with Crippen LogP contribution in [0.15, 0.2) is 77.4 Å². The molecule has 1 fully saturated rings. The highest BCUT2D eigenvalue weighted by molar-refractivity contribution is 7.89. The molecule has 416 valence electrons. The maximum atomic E-state index is 12.7. The lowest BCUT2D eigenvalue weighted by Crippen LogP contribution is -2.45. The zero-order valence-electron chi connectivity index (χ0n) is 41.6. The zero-order chi connectivity index (χ0) is 57.4. The molecule has 0 bridgehead atoms. The van der Waals surface area contributed by atoms with Crippen LogP contribution in [-0.4, -0.2) is 120 Å². The van der Waals surface area contributed by atoms with Gasteiger partial charge in [0.05, 0.1) is 52.9 Å². The van der Waals surface area contributed by atoms with Crippen LogP contribution in [0.1, 0.15) is 73.0 Å². The summed E-state index contributed by atoms with van der Waals surface area (Å²) in [5.41, 5.74) is 5.22. The standard InChI is InChI=1S/C15H10ClF3N2O6S.C15H22ClNO2.C11H13Cl2NO3.C5H12NO4P/c1-28(25,26)20-14(22)10-7-9(3-4-12(10)21(23)24)27-13-5-2-8(6-11(13)16)15(17,18)19;1-5-13-8-6-7-11(2)15(13)17(14(18)9-16)12(3)10-19-4;1-11(2)14(10(15)9(12)13)6-8(17-11)7-4-3-5-16-7;1-11(9,10)3-2-4(6)5(7)8/h2-7H,1H3,(H,20,22);6-8,12H,5,9-10H2,1-4H3;3-5,8-9H,6H2,1-2H3;4H,2-3,6H2,1H3,(H,7,8)(H,9,10). The number of nitrogens with one attached hydrogen (secondary N) is 1. The molecule has 2 heterocycles. The summed E-state index contributed by atoms with van der Waals surface area (Å²) in [7, 11) is -5.47. The van der Waals surface area contributed by atoms with Crippen LogP contribution in [0.3, 0.4) is 0 Å². The van der Waals surface area contributed by atoms with Crippen LogP contribution in [0.2, 0.25) is 5.02 Å². The average molecular weight is 1180 g/mol. The van der Waals surface area contributed by atoms with Gasteiger partial charge >= 0.3 is 12.1 Å². The number of furan rings is 1. The van der Waals surface area contributed by atoms with Crippen LogP contribution in [0, 0.1) is 17.0 Å². The van der Waals surface area contributed by atoms with Crippen molar-refractivity contribution in [2.24, 2.45) is 5.73 Å². The number of methoxy groups -OCH3 is 1. The van der Waals surface area contributed by atoms with Crippen molar-refractivity contribution in [2.45, 2.75) is 82.4 Å². The Balaban J connectivity index is 0.000000360. The number of carbonyl (C=O) groups excluding carboxylic acids is 3. The van der Waals surface area contributed by atoms with Gasteiger partial charge in [-0.25, -0.2) is 13.1 Å². The van der Waals surface area contributed by atoms with Gasteiger partial charge in [-0.3, -0.25) is 33.9 Å². The molecule has 4 aromatic rings. The first-order valence-electron chi connectivity index (χ1n) is 22.0. The van der Waals surface area contributed by atoms with Crippen molar-refractivity contribution in [3.63, 3.8) is 0 Å². The van der Waals surface area contributed by atoms with E-state index in [4.69, 9.17) is 80.8 Å². The summed E-state index contributed by atoms with van der Waals surface area (Å²) in [5.74, 6) is -2.59. The third-order valence-electron chi connectivity index (χ3n) is 10.3. The number of rotatable bonds is 17. The lowest BCUT2D eigenvalue weighted by atomic mass is 10.0. The average Bonchev–Trinajstić information content (AvgIpc) is 3.96. The minimum absolute atomic E-state index is 0.0223. The minimum atomic E-state index is -4.62. The number of benzene rings is 3. The number of ether oxygens (including phenoxy) is 3. The molecule has 75 heavy (non-hydrogen) atoms. The van der Waals surface area contributed by atoms with E-state index in [1.165, 1.54) is 11.6 Å². The predicted molar refractivity (Wildman–Crippen MR) is 277 cm³/mol. The SMILES string of the molecule is CC1(C)OC(c2ccco2)CN1C(=O)C(Cl)Cl.CCc1cccc(C)c1N(C(=O)CCl)C(C)COC.CP(=O)(O)CCC(N)C(=O)O.CS(=O)(=O)NC(=O)c1cc(Oc2ccc(C(F)(F)F)cc2Cl)ccc1[N+](=O)[O-]. The molecule has 4 atom stereocenters. The van der Waals surface area contributed by atoms with E-state index in [0.29, 0.717) is 37.3 Å². The normalized spacial score (nSPS) is 15.5. The van der Waals surface area contributed by atoms with Gasteiger partial charge in [-0.15, -0.1) is 11.6 Å². The second-order valence-electron chi connectivity index (χ2n) is 16.8. The van der Waals surface area contributed by atoms with Crippen molar-refractivity contribution in [3.05, 3.63) is 116 Å². The largest absolute Gasteiger partial charge is 0.480 e. The Morgan fingerprint density at radius 3 is 2.23 bits per heavy atom. The van der Waals surface area contributed by atoms with Gasteiger partial charge < -0.3 is 44.2 Å². The van der Waals surface area contributed by atoms with Gasteiger partial charge in [0.15, 0.2) is 12.2 Å². The van der Waals surface area contributed by atoms with Gasteiger partial charge in [-0.2, -0.15) is 13.2 Å². The molecule has 3 amide bonds. The minimum Gasteiger partial charge on any atom is -0.480 e. The molecule has 1 aliphatic rings. The lowest BCUT2D eigenvalue weighted by molar-refractivity contribution is -0.385. The lowest BCUT2D eigenvalue weighted by Gasteiger charge is -2.31. The van der Waals surface area contributed by atoms with E-state index in [1.807, 2.05) is 32.0 Å². The number of alkyl halides is 6. The first-order valence-corrected chi connectivity index (χ1v) is 27.9. The second-order valence-corrected chi connectivity index (χ2v) is 22.9.